The Morgan fingerprint density at radius 1 is 1.50 bits per heavy atom. The van der Waals surface area contributed by atoms with Crippen LogP contribution in [0.1, 0.15) is 19.4 Å². The minimum Gasteiger partial charge on any atom is -0.460 e. The van der Waals surface area contributed by atoms with Crippen molar-refractivity contribution in [2.45, 2.75) is 26.5 Å². The summed E-state index contributed by atoms with van der Waals surface area (Å²) in [6, 6.07) is 6.62. The maximum absolute atomic E-state index is 11.5. The number of carbonyl (C=O) groups is 1. The average Bonchev–Trinajstić information content (AvgIpc) is 2.24. The number of rotatable bonds is 4. The molecule has 0 aliphatic heterocycles. The number of benzene rings is 1. The first kappa shape index (κ1) is 13.0. The number of carbonyl (C=O) groups excluding carboxylic acids is 1. The lowest BCUT2D eigenvalue weighted by Gasteiger charge is -2.14. The molecule has 1 aromatic rings. The minimum absolute atomic E-state index is 0.0758. The van der Waals surface area contributed by atoms with Gasteiger partial charge in [0.15, 0.2) is 0 Å². The molecule has 16 heavy (non-hydrogen) atoms. The molecule has 0 aliphatic carbocycles. The number of hydrogen-bond donors (Lipinski definition) is 1. The largest absolute Gasteiger partial charge is 0.460 e. The van der Waals surface area contributed by atoms with Crippen molar-refractivity contribution in [1.29, 1.82) is 0 Å². The molecule has 0 bridgehead atoms. The number of halogens is 1. The van der Waals surface area contributed by atoms with Crippen molar-refractivity contribution >= 4 is 17.6 Å². The molecule has 0 saturated carbocycles. The van der Waals surface area contributed by atoms with E-state index in [0.717, 1.165) is 5.56 Å². The lowest BCUT2D eigenvalue weighted by molar-refractivity contribution is -0.147. The van der Waals surface area contributed by atoms with Crippen LogP contribution in [0.25, 0.3) is 0 Å². The number of esters is 1. The highest BCUT2D eigenvalue weighted by Crippen LogP contribution is 2.12. The van der Waals surface area contributed by atoms with Crippen LogP contribution in [0.3, 0.4) is 0 Å². The summed E-state index contributed by atoms with van der Waals surface area (Å²) in [5, 5.41) is 0.627. The lowest BCUT2D eigenvalue weighted by Crippen LogP contribution is -2.36. The van der Waals surface area contributed by atoms with Gasteiger partial charge in [-0.3, -0.25) is 4.79 Å². The molecule has 1 rings (SSSR count). The van der Waals surface area contributed by atoms with Gasteiger partial charge in [-0.2, -0.15) is 0 Å². The first-order chi connectivity index (χ1) is 7.50. The number of hydrogen-bond acceptors (Lipinski definition) is 3. The summed E-state index contributed by atoms with van der Waals surface area (Å²) in [5.74, 6) is -0.304. The van der Waals surface area contributed by atoms with Crippen LogP contribution < -0.4 is 5.73 Å². The molecule has 0 heterocycles. The molecule has 88 valence electrons. The van der Waals surface area contributed by atoms with Crippen LogP contribution in [0.15, 0.2) is 24.3 Å². The molecular formula is C12H16ClNO2. The molecule has 0 aromatic heterocycles. The maximum atomic E-state index is 11.5. The highest BCUT2D eigenvalue weighted by Gasteiger charge is 2.18. The van der Waals surface area contributed by atoms with E-state index in [1.807, 2.05) is 26.0 Å². The van der Waals surface area contributed by atoms with Crippen molar-refractivity contribution in [2.75, 3.05) is 0 Å². The zero-order chi connectivity index (χ0) is 12.1. The van der Waals surface area contributed by atoms with Gasteiger partial charge in [-0.1, -0.05) is 37.6 Å². The van der Waals surface area contributed by atoms with Gasteiger partial charge in [0.2, 0.25) is 0 Å². The van der Waals surface area contributed by atoms with Crippen LogP contribution >= 0.6 is 11.6 Å². The van der Waals surface area contributed by atoms with E-state index < -0.39 is 6.04 Å². The Bertz CT molecular complexity index is 366. The normalized spacial score (nSPS) is 12.6. The summed E-state index contributed by atoms with van der Waals surface area (Å²) in [6.07, 6.45) is 0. The molecule has 3 nitrogen and oxygen atoms in total. The molecule has 0 spiro atoms. The average molecular weight is 242 g/mol. The van der Waals surface area contributed by atoms with Crippen LogP contribution in [0, 0.1) is 5.92 Å². The Morgan fingerprint density at radius 2 is 2.19 bits per heavy atom. The molecule has 4 heteroatoms. The van der Waals surface area contributed by atoms with Crippen molar-refractivity contribution in [3.05, 3.63) is 34.9 Å². The fourth-order valence-electron chi connectivity index (χ4n) is 1.15. The molecule has 0 radical (unpaired) electrons. The van der Waals surface area contributed by atoms with Gasteiger partial charge in [-0.05, 0) is 23.6 Å². The van der Waals surface area contributed by atoms with Crippen LogP contribution in [-0.2, 0) is 16.1 Å². The van der Waals surface area contributed by atoms with Crippen molar-refractivity contribution < 1.29 is 9.53 Å². The van der Waals surface area contributed by atoms with E-state index in [-0.39, 0.29) is 18.5 Å². The highest BCUT2D eigenvalue weighted by atomic mass is 35.5. The summed E-state index contributed by atoms with van der Waals surface area (Å²) in [4.78, 5) is 11.5. The van der Waals surface area contributed by atoms with Gasteiger partial charge >= 0.3 is 5.97 Å². The van der Waals surface area contributed by atoms with Crippen LogP contribution in [0.4, 0.5) is 0 Å². The summed E-state index contributed by atoms with van der Waals surface area (Å²) in [6.45, 7) is 3.97. The van der Waals surface area contributed by atoms with Gasteiger partial charge < -0.3 is 10.5 Å². The monoisotopic (exact) mass is 241 g/mol. The molecule has 0 fully saturated rings. The number of nitrogens with two attached hydrogens (primary N) is 1. The molecule has 0 saturated heterocycles. The maximum Gasteiger partial charge on any atom is 0.323 e. The molecule has 0 aliphatic rings. The van der Waals surface area contributed by atoms with Gasteiger partial charge in [-0.25, -0.2) is 0 Å². The van der Waals surface area contributed by atoms with Crippen LogP contribution in [0.2, 0.25) is 5.02 Å². The molecule has 2 N–H and O–H groups in total. The summed E-state index contributed by atoms with van der Waals surface area (Å²) >= 11 is 5.81. The van der Waals surface area contributed by atoms with E-state index in [4.69, 9.17) is 22.1 Å². The van der Waals surface area contributed by atoms with Crippen molar-refractivity contribution in [1.82, 2.24) is 0 Å². The topological polar surface area (TPSA) is 52.3 Å². The van der Waals surface area contributed by atoms with E-state index in [1.54, 1.807) is 12.1 Å². The molecule has 0 amide bonds. The summed E-state index contributed by atoms with van der Waals surface area (Å²) in [7, 11) is 0. The molecule has 0 unspecified atom stereocenters. The fraction of sp³-hybridized carbons (Fsp3) is 0.417. The predicted molar refractivity (Wildman–Crippen MR) is 64.1 cm³/mol. The van der Waals surface area contributed by atoms with Crippen LogP contribution in [0.5, 0.6) is 0 Å². The number of ether oxygens (including phenoxy) is 1. The van der Waals surface area contributed by atoms with E-state index in [2.05, 4.69) is 0 Å². The van der Waals surface area contributed by atoms with Gasteiger partial charge in [0.25, 0.3) is 0 Å². The third kappa shape index (κ3) is 3.83. The van der Waals surface area contributed by atoms with Crippen molar-refractivity contribution in [3.63, 3.8) is 0 Å². The van der Waals surface area contributed by atoms with Crippen molar-refractivity contribution in [2.24, 2.45) is 11.7 Å². The van der Waals surface area contributed by atoms with Gasteiger partial charge in [-0.15, -0.1) is 0 Å². The lowest BCUT2D eigenvalue weighted by atomic mass is 10.1. The van der Waals surface area contributed by atoms with E-state index >= 15 is 0 Å². The van der Waals surface area contributed by atoms with E-state index in [9.17, 15) is 4.79 Å². The fourth-order valence-corrected chi connectivity index (χ4v) is 1.36. The Hall–Kier alpha value is -1.06. The summed E-state index contributed by atoms with van der Waals surface area (Å²) < 4.78 is 5.08. The Kier molecular flexibility index (Phi) is 4.77. The summed E-state index contributed by atoms with van der Waals surface area (Å²) in [5.41, 5.74) is 6.51. The second-order valence-electron chi connectivity index (χ2n) is 4.01. The second kappa shape index (κ2) is 5.87. The van der Waals surface area contributed by atoms with Gasteiger partial charge in [0, 0.05) is 5.02 Å². The van der Waals surface area contributed by atoms with Gasteiger partial charge in [0.05, 0.1) is 0 Å². The smallest absolute Gasteiger partial charge is 0.323 e. The van der Waals surface area contributed by atoms with Crippen molar-refractivity contribution in [3.8, 4) is 0 Å². The SMILES string of the molecule is CC(C)[C@@H](N)C(=O)OCc1cccc(Cl)c1. The zero-order valence-corrected chi connectivity index (χ0v) is 10.2. The molecule has 1 aromatic carbocycles. The molecular weight excluding hydrogens is 226 g/mol. The minimum atomic E-state index is -0.570. The van der Waals surface area contributed by atoms with E-state index in [1.165, 1.54) is 0 Å². The zero-order valence-electron chi connectivity index (χ0n) is 9.44. The first-order valence-electron chi connectivity index (χ1n) is 5.17. The van der Waals surface area contributed by atoms with Gasteiger partial charge in [0.1, 0.15) is 12.6 Å². The van der Waals surface area contributed by atoms with Crippen LogP contribution in [-0.4, -0.2) is 12.0 Å². The van der Waals surface area contributed by atoms with E-state index in [0.29, 0.717) is 5.02 Å². The Labute approximate surface area is 101 Å². The Balaban J connectivity index is 2.49. The molecule has 1 atom stereocenters. The quantitative estimate of drug-likeness (QED) is 0.824. The third-order valence-electron chi connectivity index (χ3n) is 2.26. The predicted octanol–water partition coefficient (Wildman–Crippen LogP) is 2.37. The third-order valence-corrected chi connectivity index (χ3v) is 2.50. The first-order valence-corrected chi connectivity index (χ1v) is 5.55. The standard InChI is InChI=1S/C12H16ClNO2/c1-8(2)11(14)12(15)16-7-9-4-3-5-10(13)6-9/h3-6,8,11H,7,14H2,1-2H3/t11-/m1/s1. The second-order valence-corrected chi connectivity index (χ2v) is 4.44. The Morgan fingerprint density at radius 3 is 2.75 bits per heavy atom. The highest BCUT2D eigenvalue weighted by molar-refractivity contribution is 6.30.